The van der Waals surface area contributed by atoms with Gasteiger partial charge in [-0.1, -0.05) is 52.0 Å². The smallest absolute Gasteiger partial charge is 0.407 e. The Morgan fingerprint density at radius 2 is 1.17 bits per heavy atom. The van der Waals surface area contributed by atoms with Gasteiger partial charge in [-0.15, -0.1) is 0 Å². The molecule has 0 bridgehead atoms. The first-order chi connectivity index (χ1) is 26.0. The number of benzene rings is 1. The monoisotopic (exact) mass is 744 g/mol. The second-order valence-corrected chi connectivity index (χ2v) is 15.7. The van der Waals surface area contributed by atoms with Crippen molar-refractivity contribution in [1.29, 1.82) is 0 Å². The molecule has 6 rings (SSSR count). The van der Waals surface area contributed by atoms with E-state index < -0.39 is 24.3 Å². The molecule has 2 saturated heterocycles. The number of nitrogens with zero attached hydrogens (tertiary/aromatic N) is 4. The molecule has 1 aliphatic carbocycles. The van der Waals surface area contributed by atoms with Crippen LogP contribution < -0.4 is 10.6 Å². The molecule has 4 atom stereocenters. The molecule has 4 heterocycles. The number of carbonyl (C=O) groups excluding carboxylic acids is 4. The molecule has 14 nitrogen and oxygen atoms in total. The summed E-state index contributed by atoms with van der Waals surface area (Å²) in [7, 11) is 2.60. The highest BCUT2D eigenvalue weighted by Gasteiger charge is 2.39. The van der Waals surface area contributed by atoms with E-state index in [0.29, 0.717) is 24.9 Å². The molecule has 3 fully saturated rings. The standard InChI is InChI=1S/C40H56N8O6/c1-23(2)33(45-39(51)53-5)37(49)47-19-7-9-31(47)35-41-21-29(43-35)27-15-11-25(12-16-27)26-13-17-28(18-14-26)30-22-42-36(44-30)32-10-8-20-48(32)38(50)34(24(3)4)46-40(52)54-6/h11-12,15-16,21-24,26,28,31-34H,7-10,13-14,17-20H2,1-6H3,(H,41,43)(H,42,44)(H,45,51)(H,46,52)/t26-,28-,31-,32-,33-,34-/m0/s1. The van der Waals surface area contributed by atoms with Gasteiger partial charge in [0.15, 0.2) is 0 Å². The molecule has 3 aromatic rings. The van der Waals surface area contributed by atoms with Crippen LogP contribution in [0.4, 0.5) is 9.59 Å². The lowest BCUT2D eigenvalue weighted by molar-refractivity contribution is -0.136. The minimum atomic E-state index is -0.672. The van der Waals surface area contributed by atoms with Crippen LogP contribution in [0.3, 0.4) is 0 Å². The number of nitrogens with one attached hydrogen (secondary N) is 4. The van der Waals surface area contributed by atoms with Gasteiger partial charge in [-0.3, -0.25) is 9.59 Å². The molecule has 3 aliphatic rings. The van der Waals surface area contributed by atoms with Crippen LogP contribution in [-0.2, 0) is 19.1 Å². The summed E-state index contributed by atoms with van der Waals surface area (Å²) >= 11 is 0. The number of aromatic amines is 2. The van der Waals surface area contributed by atoms with E-state index >= 15 is 0 Å². The van der Waals surface area contributed by atoms with Crippen LogP contribution in [0.15, 0.2) is 36.7 Å². The van der Waals surface area contributed by atoms with Crippen molar-refractivity contribution in [3.05, 3.63) is 59.6 Å². The number of ether oxygens (including phenoxy) is 2. The summed E-state index contributed by atoms with van der Waals surface area (Å²) in [5.41, 5.74) is 4.40. The Bertz CT molecular complexity index is 1760. The number of hydrogen-bond acceptors (Lipinski definition) is 8. The van der Waals surface area contributed by atoms with E-state index in [2.05, 4.69) is 44.9 Å². The molecule has 2 aromatic heterocycles. The van der Waals surface area contributed by atoms with Crippen LogP contribution in [0.1, 0.15) is 126 Å². The van der Waals surface area contributed by atoms with E-state index in [0.717, 1.165) is 80.0 Å². The van der Waals surface area contributed by atoms with Gasteiger partial charge in [0, 0.05) is 30.9 Å². The van der Waals surface area contributed by atoms with Gasteiger partial charge in [-0.05, 0) is 80.2 Å². The highest BCUT2D eigenvalue weighted by Crippen LogP contribution is 2.41. The fraction of sp³-hybridized carbons (Fsp3) is 0.600. The predicted molar refractivity (Wildman–Crippen MR) is 202 cm³/mol. The van der Waals surface area contributed by atoms with Crippen molar-refractivity contribution in [2.24, 2.45) is 11.8 Å². The predicted octanol–water partition coefficient (Wildman–Crippen LogP) is 6.33. The number of alkyl carbamates (subject to hydrolysis) is 2. The first-order valence-corrected chi connectivity index (χ1v) is 19.5. The Kier molecular flexibility index (Phi) is 12.3. The Morgan fingerprint density at radius 1 is 0.685 bits per heavy atom. The summed E-state index contributed by atoms with van der Waals surface area (Å²) in [6.07, 6.45) is 10.2. The number of likely N-dealkylation sites (tertiary alicyclic amines) is 2. The molecule has 4 N–H and O–H groups in total. The maximum atomic E-state index is 13.5. The molecule has 0 spiro atoms. The molecule has 54 heavy (non-hydrogen) atoms. The second-order valence-electron chi connectivity index (χ2n) is 15.7. The first-order valence-electron chi connectivity index (χ1n) is 19.5. The summed E-state index contributed by atoms with van der Waals surface area (Å²) < 4.78 is 9.53. The normalized spacial score (nSPS) is 22.7. The fourth-order valence-corrected chi connectivity index (χ4v) is 8.44. The van der Waals surface area contributed by atoms with Crippen LogP contribution in [0.2, 0.25) is 0 Å². The van der Waals surface area contributed by atoms with E-state index in [1.165, 1.54) is 19.8 Å². The SMILES string of the molecule is COC(=O)N[C@H](C(=O)N1CCC[C@H]1c1ncc(-c2ccc([C@H]3CC[C@H](c4cnc([C@@H]5CCCN5C(=O)[C@@H](NC(=O)OC)C(C)C)[nH]4)CC3)cc2)[nH]1)C(C)C. The molecular formula is C40H56N8O6. The summed E-state index contributed by atoms with van der Waals surface area (Å²) in [5.74, 6) is 2.03. The quantitative estimate of drug-likeness (QED) is 0.176. The number of rotatable bonds is 11. The Morgan fingerprint density at radius 3 is 1.67 bits per heavy atom. The summed E-state index contributed by atoms with van der Waals surface area (Å²) in [6, 6.07) is 7.08. The molecule has 4 amide bonds. The van der Waals surface area contributed by atoms with Gasteiger partial charge in [0.1, 0.15) is 23.7 Å². The number of amides is 4. The molecular weight excluding hydrogens is 688 g/mol. The third-order valence-electron chi connectivity index (χ3n) is 11.6. The molecule has 14 heteroatoms. The van der Waals surface area contributed by atoms with Gasteiger partial charge in [0.05, 0.1) is 38.2 Å². The first kappa shape index (κ1) is 38.8. The van der Waals surface area contributed by atoms with Crippen LogP contribution in [0.5, 0.6) is 0 Å². The molecule has 0 radical (unpaired) electrons. The zero-order valence-corrected chi connectivity index (χ0v) is 32.4. The number of carbonyl (C=O) groups is 4. The van der Waals surface area contributed by atoms with Crippen molar-refractivity contribution in [2.45, 2.75) is 115 Å². The van der Waals surface area contributed by atoms with Crippen LogP contribution in [0, 0.1) is 11.8 Å². The highest BCUT2D eigenvalue weighted by molar-refractivity contribution is 5.87. The van der Waals surface area contributed by atoms with E-state index in [4.69, 9.17) is 19.4 Å². The lowest BCUT2D eigenvalue weighted by atomic mass is 9.77. The topological polar surface area (TPSA) is 175 Å². The zero-order chi connectivity index (χ0) is 38.5. The second kappa shape index (κ2) is 17.1. The Hall–Kier alpha value is -4.88. The minimum absolute atomic E-state index is 0.0794. The van der Waals surface area contributed by atoms with Crippen molar-refractivity contribution < 1.29 is 28.7 Å². The maximum Gasteiger partial charge on any atom is 0.407 e. The maximum absolute atomic E-state index is 13.5. The highest BCUT2D eigenvalue weighted by atomic mass is 16.5. The van der Waals surface area contributed by atoms with E-state index in [1.54, 1.807) is 0 Å². The van der Waals surface area contributed by atoms with E-state index in [1.807, 2.05) is 49.9 Å². The summed E-state index contributed by atoms with van der Waals surface area (Å²) in [5, 5.41) is 5.42. The number of imidazole rings is 2. The Balaban J connectivity index is 1.04. The zero-order valence-electron chi connectivity index (χ0n) is 32.4. The van der Waals surface area contributed by atoms with Crippen LogP contribution >= 0.6 is 0 Å². The number of methoxy groups -OCH3 is 2. The summed E-state index contributed by atoms with van der Waals surface area (Å²) in [4.78, 5) is 71.2. The number of H-pyrrole nitrogens is 2. The average Bonchev–Trinajstić information content (AvgIpc) is 4.02. The molecule has 292 valence electrons. The van der Waals surface area contributed by atoms with Crippen molar-refractivity contribution >= 4 is 24.0 Å². The third-order valence-corrected chi connectivity index (χ3v) is 11.6. The molecule has 2 aliphatic heterocycles. The van der Waals surface area contributed by atoms with Gasteiger partial charge in [0.25, 0.3) is 0 Å². The van der Waals surface area contributed by atoms with Gasteiger partial charge in [-0.2, -0.15) is 0 Å². The lowest BCUT2D eigenvalue weighted by Crippen LogP contribution is -2.51. The third kappa shape index (κ3) is 8.42. The van der Waals surface area contributed by atoms with Crippen molar-refractivity contribution in [3.63, 3.8) is 0 Å². The van der Waals surface area contributed by atoms with Crippen LogP contribution in [-0.4, -0.2) is 93.1 Å². The van der Waals surface area contributed by atoms with Crippen molar-refractivity contribution in [3.8, 4) is 11.3 Å². The summed E-state index contributed by atoms with van der Waals surface area (Å²) in [6.45, 7) is 8.90. The molecule has 1 aromatic carbocycles. The van der Waals surface area contributed by atoms with Crippen molar-refractivity contribution in [1.82, 2.24) is 40.4 Å². The number of aromatic nitrogens is 4. The minimum Gasteiger partial charge on any atom is -0.453 e. The number of hydrogen-bond donors (Lipinski definition) is 4. The van der Waals surface area contributed by atoms with Crippen molar-refractivity contribution in [2.75, 3.05) is 27.3 Å². The van der Waals surface area contributed by atoms with Crippen LogP contribution in [0.25, 0.3) is 11.3 Å². The van der Waals surface area contributed by atoms with E-state index in [-0.39, 0.29) is 35.7 Å². The Labute approximate surface area is 317 Å². The lowest BCUT2D eigenvalue weighted by Gasteiger charge is -2.30. The van der Waals surface area contributed by atoms with Gasteiger partial charge < -0.3 is 39.9 Å². The van der Waals surface area contributed by atoms with Gasteiger partial charge in [-0.25, -0.2) is 19.6 Å². The largest absolute Gasteiger partial charge is 0.453 e. The van der Waals surface area contributed by atoms with Gasteiger partial charge >= 0.3 is 12.2 Å². The molecule has 1 saturated carbocycles. The molecule has 0 unspecified atom stereocenters. The average molecular weight is 745 g/mol. The van der Waals surface area contributed by atoms with Gasteiger partial charge in [0.2, 0.25) is 11.8 Å². The fourth-order valence-electron chi connectivity index (χ4n) is 8.44. The van der Waals surface area contributed by atoms with E-state index in [9.17, 15) is 19.2 Å².